The maximum atomic E-state index is 2.47. The van der Waals surface area contributed by atoms with Gasteiger partial charge in [0.2, 0.25) is 0 Å². The van der Waals surface area contributed by atoms with E-state index in [2.05, 4.69) is 55.4 Å². The van der Waals surface area contributed by atoms with Crippen molar-refractivity contribution in [2.45, 2.75) is 108 Å². The van der Waals surface area contributed by atoms with Crippen LogP contribution in [0, 0.1) is 35.5 Å². The third-order valence-corrected chi connectivity index (χ3v) is 5.42. The van der Waals surface area contributed by atoms with Gasteiger partial charge in [-0.1, -0.05) is 108 Å². The van der Waals surface area contributed by atoms with Crippen molar-refractivity contribution in [1.82, 2.24) is 0 Å². The van der Waals surface area contributed by atoms with Crippen molar-refractivity contribution in [2.75, 3.05) is 0 Å². The molecule has 0 bridgehead atoms. The summed E-state index contributed by atoms with van der Waals surface area (Å²) in [5.74, 6) is 5.31. The molecule has 0 nitrogen and oxygen atoms in total. The third-order valence-electron chi connectivity index (χ3n) is 5.42. The zero-order chi connectivity index (χ0) is 17.7. The molecule has 0 heterocycles. The zero-order valence-electron chi connectivity index (χ0n) is 17.7. The van der Waals surface area contributed by atoms with E-state index in [-0.39, 0.29) is 0 Å². The summed E-state index contributed by atoms with van der Waals surface area (Å²) in [5, 5.41) is 0. The van der Waals surface area contributed by atoms with Gasteiger partial charge in [0.05, 0.1) is 0 Å². The molecule has 0 N–H and O–H groups in total. The molecule has 0 saturated heterocycles. The van der Waals surface area contributed by atoms with Crippen LogP contribution in [0.4, 0.5) is 0 Å². The van der Waals surface area contributed by atoms with Crippen LogP contribution in [0.5, 0.6) is 0 Å². The summed E-state index contributed by atoms with van der Waals surface area (Å²) in [6.45, 7) is 23.2. The molecule has 0 amide bonds. The Balaban J connectivity index is 0. The van der Waals surface area contributed by atoms with Gasteiger partial charge in [-0.05, 0) is 35.5 Å². The first kappa shape index (κ1) is 24.3. The van der Waals surface area contributed by atoms with Crippen LogP contribution in [0.15, 0.2) is 0 Å². The maximum Gasteiger partial charge on any atom is -0.0417 e. The van der Waals surface area contributed by atoms with Crippen LogP contribution in [0.2, 0.25) is 0 Å². The Morgan fingerprint density at radius 3 is 0.727 bits per heavy atom. The lowest BCUT2D eigenvalue weighted by atomic mass is 9.81. The highest BCUT2D eigenvalue weighted by molar-refractivity contribution is 4.68. The van der Waals surface area contributed by atoms with E-state index in [1.54, 1.807) is 0 Å². The van der Waals surface area contributed by atoms with Crippen LogP contribution in [0.3, 0.4) is 0 Å². The standard InChI is InChI=1S/C20H42.C2H6/c1-15(2)9-11-17(5)19(7)13-14-20(8)18(6)12-10-16(3)4;1-2/h15-20H,9-14H2,1-8H3;1-2H3. The molecule has 0 aromatic heterocycles. The molecule has 0 radical (unpaired) electrons. The molecule has 0 aliphatic carbocycles. The van der Waals surface area contributed by atoms with Gasteiger partial charge < -0.3 is 0 Å². The molecule has 0 aliphatic heterocycles. The van der Waals surface area contributed by atoms with E-state index in [9.17, 15) is 0 Å². The fourth-order valence-electron chi connectivity index (χ4n) is 2.86. The van der Waals surface area contributed by atoms with Crippen molar-refractivity contribution in [3.05, 3.63) is 0 Å². The van der Waals surface area contributed by atoms with Gasteiger partial charge in [0.25, 0.3) is 0 Å². The second-order valence-electron chi connectivity index (χ2n) is 8.43. The van der Waals surface area contributed by atoms with Crippen molar-refractivity contribution in [3.8, 4) is 0 Å². The van der Waals surface area contributed by atoms with E-state index in [4.69, 9.17) is 0 Å². The molecule has 4 unspecified atom stereocenters. The molecule has 0 fully saturated rings. The summed E-state index contributed by atoms with van der Waals surface area (Å²) in [6, 6.07) is 0. The van der Waals surface area contributed by atoms with Crippen molar-refractivity contribution >= 4 is 0 Å². The minimum absolute atomic E-state index is 0.861. The normalized spacial score (nSPS) is 16.9. The van der Waals surface area contributed by atoms with Crippen molar-refractivity contribution in [1.29, 1.82) is 0 Å². The van der Waals surface area contributed by atoms with Crippen molar-refractivity contribution < 1.29 is 0 Å². The van der Waals surface area contributed by atoms with E-state index >= 15 is 0 Å². The molecule has 22 heavy (non-hydrogen) atoms. The summed E-state index contributed by atoms with van der Waals surface area (Å²) in [7, 11) is 0. The molecule has 0 aliphatic rings. The van der Waals surface area contributed by atoms with Crippen LogP contribution in [-0.2, 0) is 0 Å². The van der Waals surface area contributed by atoms with Gasteiger partial charge in [-0.3, -0.25) is 0 Å². The highest BCUT2D eigenvalue weighted by atomic mass is 14.2. The van der Waals surface area contributed by atoms with Crippen LogP contribution in [-0.4, -0.2) is 0 Å². The number of hydrogen-bond donors (Lipinski definition) is 0. The summed E-state index contributed by atoms with van der Waals surface area (Å²) in [6.07, 6.45) is 8.46. The lowest BCUT2D eigenvalue weighted by Crippen LogP contribution is -2.14. The second-order valence-corrected chi connectivity index (χ2v) is 8.43. The molecule has 4 atom stereocenters. The third kappa shape index (κ3) is 13.6. The molecule has 0 saturated carbocycles. The molecular weight excluding hydrogens is 264 g/mol. The summed E-state index contributed by atoms with van der Waals surface area (Å²) < 4.78 is 0. The zero-order valence-corrected chi connectivity index (χ0v) is 17.7. The van der Waals surface area contributed by atoms with E-state index < -0.39 is 0 Å². The molecule has 0 spiro atoms. The lowest BCUT2D eigenvalue weighted by molar-refractivity contribution is 0.262. The fourth-order valence-corrected chi connectivity index (χ4v) is 2.86. The van der Waals surface area contributed by atoms with Gasteiger partial charge in [-0.25, -0.2) is 0 Å². The highest BCUT2D eigenvalue weighted by Gasteiger charge is 2.17. The Morgan fingerprint density at radius 2 is 0.545 bits per heavy atom. The van der Waals surface area contributed by atoms with Crippen LogP contribution >= 0.6 is 0 Å². The first-order valence-corrected chi connectivity index (χ1v) is 10.2. The van der Waals surface area contributed by atoms with E-state index in [1.807, 2.05) is 13.8 Å². The second kappa shape index (κ2) is 14.6. The Morgan fingerprint density at radius 1 is 0.364 bits per heavy atom. The average Bonchev–Trinajstić information content (AvgIpc) is 2.49. The summed E-state index contributed by atoms with van der Waals surface area (Å²) in [5.41, 5.74) is 0. The van der Waals surface area contributed by atoms with Gasteiger partial charge >= 0.3 is 0 Å². The van der Waals surface area contributed by atoms with Crippen LogP contribution in [0.1, 0.15) is 108 Å². The summed E-state index contributed by atoms with van der Waals surface area (Å²) in [4.78, 5) is 0. The smallest absolute Gasteiger partial charge is 0.0417 e. The van der Waals surface area contributed by atoms with Crippen molar-refractivity contribution in [3.63, 3.8) is 0 Å². The van der Waals surface area contributed by atoms with Crippen LogP contribution < -0.4 is 0 Å². The Bertz CT molecular complexity index is 192. The SMILES string of the molecule is CC.CC(C)CCC(C)C(C)CCC(C)C(C)CCC(C)C. The monoisotopic (exact) mass is 312 g/mol. The van der Waals surface area contributed by atoms with E-state index in [0.29, 0.717) is 0 Å². The largest absolute Gasteiger partial charge is 0.0683 e. The van der Waals surface area contributed by atoms with Gasteiger partial charge in [-0.2, -0.15) is 0 Å². The molecule has 0 rings (SSSR count). The fraction of sp³-hybridized carbons (Fsp3) is 1.00. The van der Waals surface area contributed by atoms with Gasteiger partial charge in [-0.15, -0.1) is 0 Å². The predicted molar refractivity (Wildman–Crippen MR) is 105 cm³/mol. The number of hydrogen-bond acceptors (Lipinski definition) is 0. The Labute approximate surface area is 143 Å². The van der Waals surface area contributed by atoms with E-state index in [1.165, 1.54) is 38.5 Å². The summed E-state index contributed by atoms with van der Waals surface area (Å²) >= 11 is 0. The van der Waals surface area contributed by atoms with Crippen molar-refractivity contribution in [2.24, 2.45) is 35.5 Å². The average molecular weight is 313 g/mol. The predicted octanol–water partition coefficient (Wildman–Crippen LogP) is 8.21. The molecule has 136 valence electrons. The van der Waals surface area contributed by atoms with Gasteiger partial charge in [0, 0.05) is 0 Å². The molecular formula is C22H48. The topological polar surface area (TPSA) is 0 Å². The Kier molecular flexibility index (Phi) is 16.1. The minimum Gasteiger partial charge on any atom is -0.0683 e. The highest BCUT2D eigenvalue weighted by Crippen LogP contribution is 2.29. The first-order chi connectivity index (χ1) is 10.2. The maximum absolute atomic E-state index is 2.47. The minimum atomic E-state index is 0.861. The van der Waals surface area contributed by atoms with Gasteiger partial charge in [0.1, 0.15) is 0 Å². The number of rotatable bonds is 11. The molecule has 0 aromatic rings. The quantitative estimate of drug-likeness (QED) is 0.360. The first-order valence-electron chi connectivity index (χ1n) is 10.2. The Hall–Kier alpha value is 0. The molecule has 0 aromatic carbocycles. The van der Waals surface area contributed by atoms with Gasteiger partial charge in [0.15, 0.2) is 0 Å². The molecule has 0 heteroatoms. The van der Waals surface area contributed by atoms with E-state index in [0.717, 1.165) is 35.5 Å². The van der Waals surface area contributed by atoms with Crippen LogP contribution in [0.25, 0.3) is 0 Å². The lowest BCUT2D eigenvalue weighted by Gasteiger charge is -2.25.